The van der Waals surface area contributed by atoms with Gasteiger partial charge >= 0.3 is 0 Å². The van der Waals surface area contributed by atoms with Crippen molar-refractivity contribution in [1.29, 1.82) is 0 Å². The van der Waals surface area contributed by atoms with E-state index in [-0.39, 0.29) is 5.56 Å². The Bertz CT molecular complexity index is 602. The summed E-state index contributed by atoms with van der Waals surface area (Å²) in [6.45, 7) is 4.07. The number of aromatic amines is 1. The van der Waals surface area contributed by atoms with Gasteiger partial charge in [0.25, 0.3) is 5.56 Å². The molecule has 4 heteroatoms. The van der Waals surface area contributed by atoms with E-state index in [2.05, 4.69) is 63.7 Å². The first kappa shape index (κ1) is 13.3. The molecule has 0 unspecified atom stereocenters. The molecule has 0 saturated heterocycles. The molecule has 1 aromatic carbocycles. The van der Waals surface area contributed by atoms with Crippen LogP contribution in [-0.4, -0.2) is 9.97 Å². The maximum absolute atomic E-state index is 11.8. The van der Waals surface area contributed by atoms with Crippen molar-refractivity contribution >= 4 is 22.6 Å². The molecule has 2 aromatic rings. The first-order valence-electron chi connectivity index (χ1n) is 5.93. The molecule has 0 aliphatic heterocycles. The molecule has 0 saturated carbocycles. The van der Waals surface area contributed by atoms with Crippen LogP contribution >= 0.6 is 22.6 Å². The number of H-pyrrole nitrogens is 1. The van der Waals surface area contributed by atoms with Gasteiger partial charge in [-0.15, -0.1) is 0 Å². The van der Waals surface area contributed by atoms with Crippen LogP contribution in [0.3, 0.4) is 0 Å². The standard InChI is InChI=1S/C14H15IN2O/c1-3-11-13(15)14(18)17-12(16-11)8-10-6-4-9(2)5-7-10/h4-7H,3,8H2,1-2H3,(H,16,17,18). The van der Waals surface area contributed by atoms with Gasteiger partial charge in [0.1, 0.15) is 5.82 Å². The van der Waals surface area contributed by atoms with E-state index in [0.717, 1.165) is 23.5 Å². The lowest BCUT2D eigenvalue weighted by Gasteiger charge is -2.05. The third kappa shape index (κ3) is 2.98. The van der Waals surface area contributed by atoms with E-state index in [9.17, 15) is 4.79 Å². The second kappa shape index (κ2) is 5.65. The quantitative estimate of drug-likeness (QED) is 0.862. The Kier molecular flexibility index (Phi) is 4.16. The molecule has 1 heterocycles. The summed E-state index contributed by atoms with van der Waals surface area (Å²) in [7, 11) is 0. The highest BCUT2D eigenvalue weighted by Gasteiger charge is 2.07. The third-order valence-corrected chi connectivity index (χ3v) is 3.92. The maximum Gasteiger partial charge on any atom is 0.264 e. The molecule has 18 heavy (non-hydrogen) atoms. The molecular weight excluding hydrogens is 339 g/mol. The predicted molar refractivity (Wildman–Crippen MR) is 80.9 cm³/mol. The number of hydrogen-bond donors (Lipinski definition) is 1. The zero-order chi connectivity index (χ0) is 13.1. The van der Waals surface area contributed by atoms with Crippen LogP contribution in [0.15, 0.2) is 29.1 Å². The van der Waals surface area contributed by atoms with Gasteiger partial charge in [-0.05, 0) is 41.5 Å². The van der Waals surface area contributed by atoms with Crippen LogP contribution in [0.1, 0.15) is 29.6 Å². The van der Waals surface area contributed by atoms with Crippen LogP contribution in [0.25, 0.3) is 0 Å². The summed E-state index contributed by atoms with van der Waals surface area (Å²) < 4.78 is 0.697. The van der Waals surface area contributed by atoms with Crippen molar-refractivity contribution < 1.29 is 0 Å². The van der Waals surface area contributed by atoms with E-state index in [0.29, 0.717) is 9.99 Å². The Labute approximate surface area is 120 Å². The first-order valence-corrected chi connectivity index (χ1v) is 7.01. The average molecular weight is 354 g/mol. The summed E-state index contributed by atoms with van der Waals surface area (Å²) in [6, 6.07) is 8.28. The number of benzene rings is 1. The van der Waals surface area contributed by atoms with E-state index >= 15 is 0 Å². The molecule has 0 amide bonds. The zero-order valence-electron chi connectivity index (χ0n) is 10.5. The van der Waals surface area contributed by atoms with Crippen LogP contribution in [0.4, 0.5) is 0 Å². The summed E-state index contributed by atoms with van der Waals surface area (Å²) in [6.07, 6.45) is 1.45. The summed E-state index contributed by atoms with van der Waals surface area (Å²) in [4.78, 5) is 19.1. The SMILES string of the molecule is CCc1nc(Cc2ccc(C)cc2)[nH]c(=O)c1I. The number of nitrogens with one attached hydrogen (secondary N) is 1. The molecule has 0 spiro atoms. The Hall–Kier alpha value is -1.17. The van der Waals surface area contributed by atoms with Crippen molar-refractivity contribution in [2.75, 3.05) is 0 Å². The Morgan fingerprint density at radius 2 is 1.94 bits per heavy atom. The number of aryl methyl sites for hydroxylation is 2. The Morgan fingerprint density at radius 3 is 2.56 bits per heavy atom. The number of rotatable bonds is 3. The van der Waals surface area contributed by atoms with Gasteiger partial charge in [0.05, 0.1) is 9.26 Å². The van der Waals surface area contributed by atoms with Gasteiger partial charge in [-0.3, -0.25) is 4.79 Å². The average Bonchev–Trinajstić information content (AvgIpc) is 2.36. The maximum atomic E-state index is 11.8. The molecule has 0 fully saturated rings. The molecule has 0 aliphatic rings. The largest absolute Gasteiger partial charge is 0.309 e. The highest BCUT2D eigenvalue weighted by atomic mass is 127. The van der Waals surface area contributed by atoms with Crippen molar-refractivity contribution in [2.24, 2.45) is 0 Å². The topological polar surface area (TPSA) is 45.8 Å². The van der Waals surface area contributed by atoms with Crippen molar-refractivity contribution in [3.63, 3.8) is 0 Å². The van der Waals surface area contributed by atoms with E-state index in [1.165, 1.54) is 5.56 Å². The molecule has 0 atom stereocenters. The van der Waals surface area contributed by atoms with Crippen molar-refractivity contribution in [1.82, 2.24) is 9.97 Å². The molecule has 0 bridgehead atoms. The summed E-state index contributed by atoms with van der Waals surface area (Å²) in [5, 5.41) is 0. The second-order valence-corrected chi connectivity index (χ2v) is 5.37. The normalized spacial score (nSPS) is 10.6. The smallest absolute Gasteiger partial charge is 0.264 e. The van der Waals surface area contributed by atoms with Crippen molar-refractivity contribution in [3.05, 3.63) is 60.8 Å². The highest BCUT2D eigenvalue weighted by molar-refractivity contribution is 14.1. The van der Waals surface area contributed by atoms with Gasteiger partial charge in [-0.2, -0.15) is 0 Å². The number of aromatic nitrogens is 2. The fraction of sp³-hybridized carbons (Fsp3) is 0.286. The molecule has 1 aromatic heterocycles. The lowest BCUT2D eigenvalue weighted by atomic mass is 10.1. The van der Waals surface area contributed by atoms with Gasteiger partial charge in [0, 0.05) is 6.42 Å². The van der Waals surface area contributed by atoms with Crippen molar-refractivity contribution in [3.8, 4) is 0 Å². The minimum absolute atomic E-state index is 0.0374. The van der Waals surface area contributed by atoms with Gasteiger partial charge < -0.3 is 4.98 Å². The van der Waals surface area contributed by atoms with E-state index in [1.54, 1.807) is 0 Å². The number of halogens is 1. The molecular formula is C14H15IN2O. The van der Waals surface area contributed by atoms with Gasteiger partial charge in [-0.25, -0.2) is 4.98 Å². The monoisotopic (exact) mass is 354 g/mol. The fourth-order valence-electron chi connectivity index (χ4n) is 1.77. The number of nitrogens with zero attached hydrogens (tertiary/aromatic N) is 1. The van der Waals surface area contributed by atoms with Crippen LogP contribution in [0, 0.1) is 10.5 Å². The lowest BCUT2D eigenvalue weighted by molar-refractivity contribution is 0.875. The fourth-order valence-corrected chi connectivity index (χ4v) is 2.41. The zero-order valence-corrected chi connectivity index (χ0v) is 12.6. The molecule has 0 aliphatic carbocycles. The molecule has 94 valence electrons. The first-order chi connectivity index (χ1) is 8.60. The summed E-state index contributed by atoms with van der Waals surface area (Å²) in [5.41, 5.74) is 3.23. The lowest BCUT2D eigenvalue weighted by Crippen LogP contribution is -2.18. The summed E-state index contributed by atoms with van der Waals surface area (Å²) >= 11 is 2.05. The van der Waals surface area contributed by atoms with Crippen LogP contribution in [-0.2, 0) is 12.8 Å². The van der Waals surface area contributed by atoms with Crippen molar-refractivity contribution in [2.45, 2.75) is 26.7 Å². The Morgan fingerprint density at radius 1 is 1.28 bits per heavy atom. The van der Waals surface area contributed by atoms with Crippen LogP contribution in [0.5, 0.6) is 0 Å². The highest BCUT2D eigenvalue weighted by Crippen LogP contribution is 2.09. The van der Waals surface area contributed by atoms with E-state index < -0.39 is 0 Å². The molecule has 2 rings (SSSR count). The summed E-state index contributed by atoms with van der Waals surface area (Å²) in [5.74, 6) is 0.737. The minimum Gasteiger partial charge on any atom is -0.309 e. The third-order valence-electron chi connectivity index (χ3n) is 2.81. The minimum atomic E-state index is -0.0374. The van der Waals surface area contributed by atoms with Gasteiger partial charge in [-0.1, -0.05) is 36.8 Å². The van der Waals surface area contributed by atoms with E-state index in [1.807, 2.05) is 6.92 Å². The van der Waals surface area contributed by atoms with Gasteiger partial charge in [0.2, 0.25) is 0 Å². The second-order valence-electron chi connectivity index (χ2n) is 4.29. The predicted octanol–water partition coefficient (Wildman–Crippen LogP) is 2.84. The molecule has 0 radical (unpaired) electrons. The Balaban J connectivity index is 2.32. The van der Waals surface area contributed by atoms with E-state index in [4.69, 9.17) is 0 Å². The van der Waals surface area contributed by atoms with Gasteiger partial charge in [0.15, 0.2) is 0 Å². The molecule has 3 nitrogen and oxygen atoms in total. The van der Waals surface area contributed by atoms with Crippen LogP contribution in [0.2, 0.25) is 0 Å². The number of hydrogen-bond acceptors (Lipinski definition) is 2. The molecule has 1 N–H and O–H groups in total. The van der Waals surface area contributed by atoms with Crippen LogP contribution < -0.4 is 5.56 Å².